The van der Waals surface area contributed by atoms with Crippen LogP contribution in [-0.2, 0) is 11.3 Å². The van der Waals surface area contributed by atoms with Crippen LogP contribution in [0.2, 0.25) is 0 Å². The molecule has 1 heterocycles. The molecular formula is C15H19BrClFN2O. The molecule has 1 aliphatic heterocycles. The number of carbonyl (C=O) groups excluding carboxylic acids is 1. The van der Waals surface area contributed by atoms with Crippen molar-refractivity contribution in [3.05, 3.63) is 34.1 Å². The molecule has 1 atom stereocenters. The molecule has 1 aromatic rings. The number of rotatable bonds is 3. The van der Waals surface area contributed by atoms with Gasteiger partial charge < -0.3 is 10.6 Å². The maximum atomic E-state index is 13.3. The maximum absolute atomic E-state index is 13.3. The Balaban J connectivity index is 0.00000161. The number of hydrogen-bond donors (Lipinski definition) is 2. The Morgan fingerprint density at radius 3 is 2.76 bits per heavy atom. The topological polar surface area (TPSA) is 41.1 Å². The molecule has 2 fully saturated rings. The highest BCUT2D eigenvalue weighted by Gasteiger charge is 2.57. The normalized spacial score (nSPS) is 22.5. The van der Waals surface area contributed by atoms with Crippen molar-refractivity contribution < 1.29 is 9.18 Å². The minimum Gasteiger partial charge on any atom is -0.352 e. The van der Waals surface area contributed by atoms with E-state index in [0.29, 0.717) is 11.0 Å². The summed E-state index contributed by atoms with van der Waals surface area (Å²) in [7, 11) is 0. The Morgan fingerprint density at radius 1 is 1.38 bits per heavy atom. The minimum absolute atomic E-state index is 0. The summed E-state index contributed by atoms with van der Waals surface area (Å²) in [5.74, 6) is -0.0150. The summed E-state index contributed by atoms with van der Waals surface area (Å²) < 4.78 is 14.0. The van der Waals surface area contributed by atoms with Crippen LogP contribution in [0.5, 0.6) is 0 Å². The fourth-order valence-electron chi connectivity index (χ4n) is 3.22. The van der Waals surface area contributed by atoms with Crippen LogP contribution in [0.15, 0.2) is 22.7 Å². The van der Waals surface area contributed by atoms with Crippen LogP contribution in [0.3, 0.4) is 0 Å². The monoisotopic (exact) mass is 376 g/mol. The van der Waals surface area contributed by atoms with Gasteiger partial charge in [0.2, 0.25) is 5.91 Å². The fourth-order valence-corrected chi connectivity index (χ4v) is 3.73. The molecule has 21 heavy (non-hydrogen) atoms. The van der Waals surface area contributed by atoms with Crippen molar-refractivity contribution in [2.45, 2.75) is 25.8 Å². The molecule has 1 aliphatic carbocycles. The Bertz CT molecular complexity index is 514. The minimum atomic E-state index is -0.287. The standard InChI is InChI=1S/C15H18BrFN2O.ClH/c16-11-5-10(6-12(17)7-11)9-19-14(20)13-8-15(13)1-3-18-4-2-15;/h5-7,13,18H,1-4,8-9H2,(H,19,20);1H. The van der Waals surface area contributed by atoms with Gasteiger partial charge in [-0.15, -0.1) is 12.4 Å². The van der Waals surface area contributed by atoms with E-state index in [1.54, 1.807) is 0 Å². The van der Waals surface area contributed by atoms with Crippen LogP contribution in [-0.4, -0.2) is 19.0 Å². The van der Waals surface area contributed by atoms with Gasteiger partial charge in [-0.3, -0.25) is 4.79 Å². The van der Waals surface area contributed by atoms with E-state index >= 15 is 0 Å². The third kappa shape index (κ3) is 3.76. The summed E-state index contributed by atoms with van der Waals surface area (Å²) in [6, 6.07) is 4.70. The van der Waals surface area contributed by atoms with Crippen LogP contribution in [0.25, 0.3) is 0 Å². The summed E-state index contributed by atoms with van der Waals surface area (Å²) in [6.45, 7) is 2.42. The highest BCUT2D eigenvalue weighted by molar-refractivity contribution is 9.10. The Kier molecular flexibility index (Phi) is 5.28. The van der Waals surface area contributed by atoms with Gasteiger partial charge in [0, 0.05) is 16.9 Å². The molecule has 1 aromatic carbocycles. The second kappa shape index (κ2) is 6.63. The first-order valence-corrected chi connectivity index (χ1v) is 7.82. The van der Waals surface area contributed by atoms with Gasteiger partial charge in [0.25, 0.3) is 0 Å². The molecule has 6 heteroatoms. The number of carbonyl (C=O) groups is 1. The predicted molar refractivity (Wildman–Crippen MR) is 85.8 cm³/mol. The van der Waals surface area contributed by atoms with Crippen molar-refractivity contribution in [2.24, 2.45) is 11.3 Å². The number of benzene rings is 1. The quantitative estimate of drug-likeness (QED) is 0.850. The number of nitrogens with one attached hydrogen (secondary N) is 2. The maximum Gasteiger partial charge on any atom is 0.223 e. The molecule has 3 rings (SSSR count). The molecule has 3 nitrogen and oxygen atoms in total. The third-order valence-electron chi connectivity index (χ3n) is 4.49. The van der Waals surface area contributed by atoms with E-state index in [1.165, 1.54) is 12.1 Å². The summed E-state index contributed by atoms with van der Waals surface area (Å²) >= 11 is 3.26. The molecule has 1 saturated carbocycles. The lowest BCUT2D eigenvalue weighted by atomic mass is 9.92. The van der Waals surface area contributed by atoms with Crippen LogP contribution in [0.4, 0.5) is 4.39 Å². The van der Waals surface area contributed by atoms with Gasteiger partial charge in [-0.05, 0) is 61.5 Å². The first kappa shape index (κ1) is 16.7. The number of halogens is 3. The molecule has 1 saturated heterocycles. The molecule has 1 unspecified atom stereocenters. The highest BCUT2D eigenvalue weighted by Crippen LogP contribution is 2.58. The molecule has 1 amide bonds. The van der Waals surface area contributed by atoms with Gasteiger partial charge >= 0.3 is 0 Å². The SMILES string of the molecule is Cl.O=C(NCc1cc(F)cc(Br)c1)C1CC12CCNCC2. The molecular weight excluding hydrogens is 359 g/mol. The van der Waals surface area contributed by atoms with E-state index in [0.717, 1.165) is 37.9 Å². The summed E-state index contributed by atoms with van der Waals surface area (Å²) in [5.41, 5.74) is 1.03. The van der Waals surface area contributed by atoms with Crippen molar-refractivity contribution in [1.82, 2.24) is 10.6 Å². The summed E-state index contributed by atoms with van der Waals surface area (Å²) in [6.07, 6.45) is 3.19. The lowest BCUT2D eigenvalue weighted by Crippen LogP contribution is -2.33. The molecule has 0 radical (unpaired) electrons. The first-order chi connectivity index (χ1) is 9.59. The fraction of sp³-hybridized carbons (Fsp3) is 0.533. The van der Waals surface area contributed by atoms with Crippen molar-refractivity contribution in [3.8, 4) is 0 Å². The lowest BCUT2D eigenvalue weighted by molar-refractivity contribution is -0.123. The van der Waals surface area contributed by atoms with E-state index < -0.39 is 0 Å². The highest BCUT2D eigenvalue weighted by atomic mass is 79.9. The van der Waals surface area contributed by atoms with Gasteiger partial charge in [0.1, 0.15) is 5.82 Å². The van der Waals surface area contributed by atoms with E-state index in [-0.39, 0.29) is 35.5 Å². The van der Waals surface area contributed by atoms with E-state index in [9.17, 15) is 9.18 Å². The number of amides is 1. The van der Waals surface area contributed by atoms with Gasteiger partial charge in [-0.25, -0.2) is 4.39 Å². The van der Waals surface area contributed by atoms with Crippen LogP contribution < -0.4 is 10.6 Å². The van der Waals surface area contributed by atoms with Crippen molar-refractivity contribution in [1.29, 1.82) is 0 Å². The first-order valence-electron chi connectivity index (χ1n) is 7.02. The predicted octanol–water partition coefficient (Wildman–Crippen LogP) is 3.02. The molecule has 116 valence electrons. The van der Waals surface area contributed by atoms with Crippen molar-refractivity contribution in [3.63, 3.8) is 0 Å². The van der Waals surface area contributed by atoms with Gasteiger partial charge in [0.15, 0.2) is 0 Å². The third-order valence-corrected chi connectivity index (χ3v) is 4.95. The van der Waals surface area contributed by atoms with Crippen LogP contribution >= 0.6 is 28.3 Å². The zero-order valence-corrected chi connectivity index (χ0v) is 14.0. The summed E-state index contributed by atoms with van der Waals surface area (Å²) in [4.78, 5) is 12.2. The average Bonchev–Trinajstić information content (AvgIpc) is 3.09. The number of hydrogen-bond acceptors (Lipinski definition) is 2. The number of piperidine rings is 1. The van der Waals surface area contributed by atoms with Crippen LogP contribution in [0.1, 0.15) is 24.8 Å². The Labute approximate surface area is 138 Å². The summed E-state index contributed by atoms with van der Waals surface area (Å²) in [5, 5.41) is 6.27. The van der Waals surface area contributed by atoms with Crippen molar-refractivity contribution in [2.75, 3.05) is 13.1 Å². The van der Waals surface area contributed by atoms with E-state index in [2.05, 4.69) is 26.6 Å². The second-order valence-corrected chi connectivity index (χ2v) is 6.78. The molecule has 1 spiro atoms. The van der Waals surface area contributed by atoms with Crippen molar-refractivity contribution >= 4 is 34.2 Å². The zero-order chi connectivity index (χ0) is 14.2. The zero-order valence-electron chi connectivity index (χ0n) is 11.6. The van der Waals surface area contributed by atoms with E-state index in [1.807, 2.05) is 6.07 Å². The Hall–Kier alpha value is -0.650. The Morgan fingerprint density at radius 2 is 2.10 bits per heavy atom. The molecule has 2 N–H and O–H groups in total. The lowest BCUT2D eigenvalue weighted by Gasteiger charge is -2.23. The largest absolute Gasteiger partial charge is 0.352 e. The average molecular weight is 378 g/mol. The second-order valence-electron chi connectivity index (χ2n) is 5.86. The van der Waals surface area contributed by atoms with Gasteiger partial charge in [-0.1, -0.05) is 15.9 Å². The van der Waals surface area contributed by atoms with Crippen LogP contribution in [0, 0.1) is 17.2 Å². The molecule has 2 aliphatic rings. The van der Waals surface area contributed by atoms with Gasteiger partial charge in [-0.2, -0.15) is 0 Å². The smallest absolute Gasteiger partial charge is 0.223 e. The van der Waals surface area contributed by atoms with E-state index in [4.69, 9.17) is 0 Å². The molecule has 0 aromatic heterocycles. The molecule has 0 bridgehead atoms. The van der Waals surface area contributed by atoms with Gasteiger partial charge in [0.05, 0.1) is 0 Å².